The van der Waals surface area contributed by atoms with Gasteiger partial charge in [0.15, 0.2) is 0 Å². The van der Waals surface area contributed by atoms with Gasteiger partial charge in [-0.1, -0.05) is 54.9 Å². The molecular weight excluding hydrogens is 559 g/mol. The van der Waals surface area contributed by atoms with E-state index in [1.807, 2.05) is 0 Å². The van der Waals surface area contributed by atoms with Crippen LogP contribution in [0.5, 0.6) is 0 Å². The van der Waals surface area contributed by atoms with Crippen molar-refractivity contribution in [3.05, 3.63) is 88.9 Å². The van der Waals surface area contributed by atoms with E-state index in [-0.39, 0.29) is 41.8 Å². The minimum atomic E-state index is -4.21. The Bertz CT molecular complexity index is 1460. The molecule has 0 bridgehead atoms. The van der Waals surface area contributed by atoms with Crippen LogP contribution in [0.15, 0.2) is 77.7 Å². The number of rotatable bonds is 12. The number of carbonyl (C=O) groups excluding carboxylic acids is 3. The number of fused-ring (bicyclic) bond motifs is 1. The second-order valence-electron chi connectivity index (χ2n) is 9.29. The predicted octanol–water partition coefficient (Wildman–Crippen LogP) is 5.37. The van der Waals surface area contributed by atoms with E-state index in [2.05, 4.69) is 4.72 Å². The van der Waals surface area contributed by atoms with E-state index >= 15 is 0 Å². The summed E-state index contributed by atoms with van der Waals surface area (Å²) in [5.74, 6) is -2.01. The zero-order valence-corrected chi connectivity index (χ0v) is 23.3. The molecule has 11 heteroatoms. The Morgan fingerprint density at radius 1 is 0.925 bits per heavy atom. The monoisotopic (exact) mass is 586 g/mol. The topological polar surface area (TPSA) is 110 Å². The van der Waals surface area contributed by atoms with Gasteiger partial charge in [0, 0.05) is 18.0 Å². The fraction of sp³-hybridized carbons (Fsp3) is 0.276. The highest BCUT2D eigenvalue weighted by molar-refractivity contribution is 7.89. The number of hydrogen-bond acceptors (Lipinski definition) is 6. The summed E-state index contributed by atoms with van der Waals surface area (Å²) in [5.41, 5.74) is 2.16. The van der Waals surface area contributed by atoms with Crippen molar-refractivity contribution in [1.29, 1.82) is 0 Å². The Hall–Kier alpha value is -3.60. The van der Waals surface area contributed by atoms with E-state index in [9.17, 15) is 27.2 Å². The third kappa shape index (κ3) is 6.75. The Balaban J connectivity index is 1.47. The summed E-state index contributed by atoms with van der Waals surface area (Å²) in [5, 5.41) is 0.572. The molecule has 1 aliphatic heterocycles. The van der Waals surface area contributed by atoms with E-state index in [1.54, 1.807) is 67.6 Å². The third-order valence-electron chi connectivity index (χ3n) is 6.44. The summed E-state index contributed by atoms with van der Waals surface area (Å²) >= 11 is 5.93. The van der Waals surface area contributed by atoms with Crippen molar-refractivity contribution in [2.75, 3.05) is 6.54 Å². The number of amides is 2. The number of nitrogens with one attached hydrogen (secondary N) is 1. The molecule has 2 amide bonds. The van der Waals surface area contributed by atoms with E-state index in [4.69, 9.17) is 16.3 Å². The van der Waals surface area contributed by atoms with Gasteiger partial charge in [-0.15, -0.1) is 0 Å². The first-order valence-electron chi connectivity index (χ1n) is 12.8. The number of benzene rings is 3. The lowest BCUT2D eigenvalue weighted by molar-refractivity contribution is -0.160. The Kier molecular flexibility index (Phi) is 9.34. The SMILES string of the molecule is CCCC(F)OC(=O)[C@@H](CCCN1C(=O)c2ccccc2C1=O)NS(=O)(=O)c1ccc(-c2ccc(Cl)cc2)cc1. The summed E-state index contributed by atoms with van der Waals surface area (Å²) in [4.78, 5) is 39.0. The lowest BCUT2D eigenvalue weighted by atomic mass is 10.1. The van der Waals surface area contributed by atoms with Crippen LogP contribution in [0.4, 0.5) is 4.39 Å². The zero-order chi connectivity index (χ0) is 28.9. The Morgan fingerprint density at radius 2 is 1.48 bits per heavy atom. The zero-order valence-electron chi connectivity index (χ0n) is 21.7. The van der Waals surface area contributed by atoms with E-state index in [1.165, 1.54) is 12.1 Å². The molecule has 3 aromatic carbocycles. The van der Waals surface area contributed by atoms with Gasteiger partial charge in [-0.3, -0.25) is 19.3 Å². The van der Waals surface area contributed by atoms with Gasteiger partial charge in [0.25, 0.3) is 11.8 Å². The summed E-state index contributed by atoms with van der Waals surface area (Å²) in [6.45, 7) is 1.66. The molecule has 8 nitrogen and oxygen atoms in total. The molecule has 0 saturated carbocycles. The molecule has 1 heterocycles. The lowest BCUT2D eigenvalue weighted by Crippen LogP contribution is -2.43. The molecule has 1 aliphatic rings. The molecule has 0 saturated heterocycles. The van der Waals surface area contributed by atoms with Crippen LogP contribution in [-0.2, 0) is 19.6 Å². The molecule has 4 rings (SSSR count). The van der Waals surface area contributed by atoms with Crippen LogP contribution in [0.3, 0.4) is 0 Å². The summed E-state index contributed by atoms with van der Waals surface area (Å²) in [7, 11) is -4.21. The highest BCUT2D eigenvalue weighted by atomic mass is 35.5. The normalized spacial score (nSPS) is 14.6. The number of ether oxygens (including phenoxy) is 1. The smallest absolute Gasteiger partial charge is 0.326 e. The highest BCUT2D eigenvalue weighted by Gasteiger charge is 2.35. The fourth-order valence-corrected chi connectivity index (χ4v) is 5.68. The first-order valence-corrected chi connectivity index (χ1v) is 14.6. The standard InChI is InChI=1S/C29H28ClFN2O6S/c1-2-6-26(31)39-29(36)25(9-5-18-33-27(34)23-7-3-4-8-24(23)28(33)35)32-40(37,38)22-16-12-20(13-17-22)19-10-14-21(30)15-11-19/h3-4,7-8,10-17,25-26,32H,2,5-6,9,18H2,1H3/t25-,26?/m1/s1. The van der Waals surface area contributed by atoms with E-state index < -0.39 is 40.2 Å². The van der Waals surface area contributed by atoms with Crippen molar-refractivity contribution in [3.63, 3.8) is 0 Å². The molecular formula is C29H28ClFN2O6S. The number of sulfonamides is 1. The minimum Gasteiger partial charge on any atom is -0.430 e. The van der Waals surface area contributed by atoms with Crippen LogP contribution in [0.2, 0.25) is 5.02 Å². The Morgan fingerprint density at radius 3 is 2.02 bits per heavy atom. The van der Waals surface area contributed by atoms with Gasteiger partial charge in [0.1, 0.15) is 6.04 Å². The molecule has 0 aliphatic carbocycles. The maximum Gasteiger partial charge on any atom is 0.326 e. The minimum absolute atomic E-state index is 0.0353. The molecule has 210 valence electrons. The maximum atomic E-state index is 14.1. The third-order valence-corrected chi connectivity index (χ3v) is 8.18. The molecule has 2 atom stereocenters. The van der Waals surface area contributed by atoms with Crippen LogP contribution in [0.25, 0.3) is 11.1 Å². The quantitative estimate of drug-likeness (QED) is 0.226. The van der Waals surface area contributed by atoms with Gasteiger partial charge < -0.3 is 4.74 Å². The number of hydrogen-bond donors (Lipinski definition) is 1. The molecule has 0 aromatic heterocycles. The van der Waals surface area contributed by atoms with Crippen LogP contribution in [-0.4, -0.2) is 50.0 Å². The molecule has 1 unspecified atom stereocenters. The molecule has 1 N–H and O–H groups in total. The van der Waals surface area contributed by atoms with Crippen molar-refractivity contribution in [2.45, 2.75) is 49.9 Å². The number of nitrogens with zero attached hydrogens (tertiary/aromatic N) is 1. The van der Waals surface area contributed by atoms with Crippen molar-refractivity contribution in [3.8, 4) is 11.1 Å². The molecule has 0 spiro atoms. The average molecular weight is 587 g/mol. The highest BCUT2D eigenvalue weighted by Crippen LogP contribution is 2.25. The van der Waals surface area contributed by atoms with Crippen molar-refractivity contribution in [1.82, 2.24) is 9.62 Å². The molecule has 3 aromatic rings. The summed E-state index contributed by atoms with van der Waals surface area (Å²) in [6.07, 6.45) is -1.56. The number of imide groups is 1. The first-order chi connectivity index (χ1) is 19.1. The van der Waals surface area contributed by atoms with Gasteiger partial charge in [0.05, 0.1) is 16.0 Å². The van der Waals surface area contributed by atoms with Crippen LogP contribution in [0, 0.1) is 0 Å². The largest absolute Gasteiger partial charge is 0.430 e. The second-order valence-corrected chi connectivity index (χ2v) is 11.4. The van der Waals surface area contributed by atoms with Crippen LogP contribution >= 0.6 is 11.6 Å². The molecule has 0 radical (unpaired) electrons. The first kappa shape index (κ1) is 29.4. The van der Waals surface area contributed by atoms with Crippen molar-refractivity contribution >= 4 is 39.4 Å². The van der Waals surface area contributed by atoms with Crippen molar-refractivity contribution in [2.24, 2.45) is 0 Å². The fourth-order valence-electron chi connectivity index (χ4n) is 4.34. The van der Waals surface area contributed by atoms with Gasteiger partial charge >= 0.3 is 5.97 Å². The molecule has 0 fully saturated rings. The van der Waals surface area contributed by atoms with E-state index in [0.717, 1.165) is 16.0 Å². The van der Waals surface area contributed by atoms with Gasteiger partial charge in [0.2, 0.25) is 16.4 Å². The Labute approximate surface area is 237 Å². The van der Waals surface area contributed by atoms with Gasteiger partial charge in [-0.25, -0.2) is 12.8 Å². The predicted molar refractivity (Wildman–Crippen MR) is 148 cm³/mol. The number of halogens is 2. The number of alkyl halides is 1. The number of esters is 1. The summed E-state index contributed by atoms with van der Waals surface area (Å²) in [6, 6.07) is 18.0. The van der Waals surface area contributed by atoms with Crippen LogP contribution in [0.1, 0.15) is 53.3 Å². The van der Waals surface area contributed by atoms with E-state index in [0.29, 0.717) is 11.4 Å². The van der Waals surface area contributed by atoms with Crippen molar-refractivity contribution < 1.29 is 31.9 Å². The van der Waals surface area contributed by atoms with Crippen LogP contribution < -0.4 is 4.72 Å². The summed E-state index contributed by atoms with van der Waals surface area (Å²) < 4.78 is 47.6. The van der Waals surface area contributed by atoms with Gasteiger partial charge in [-0.05, 0) is 66.8 Å². The second kappa shape index (κ2) is 12.7. The van der Waals surface area contributed by atoms with Gasteiger partial charge in [-0.2, -0.15) is 4.72 Å². The molecule has 40 heavy (non-hydrogen) atoms. The lowest BCUT2D eigenvalue weighted by Gasteiger charge is -2.20. The number of carbonyl (C=O) groups is 3. The average Bonchev–Trinajstić information content (AvgIpc) is 3.18. The maximum absolute atomic E-state index is 14.1.